The molecule has 5 nitrogen and oxygen atoms in total. The van der Waals surface area contributed by atoms with Crippen LogP contribution in [0.4, 0.5) is 0 Å². The van der Waals surface area contributed by atoms with Crippen molar-refractivity contribution in [1.29, 1.82) is 0 Å². The van der Waals surface area contributed by atoms with Crippen molar-refractivity contribution in [2.24, 2.45) is 5.10 Å². The van der Waals surface area contributed by atoms with Gasteiger partial charge in [0.1, 0.15) is 11.6 Å². The highest BCUT2D eigenvalue weighted by Gasteiger charge is 2.22. The van der Waals surface area contributed by atoms with Crippen molar-refractivity contribution < 1.29 is 4.42 Å². The second kappa shape index (κ2) is 8.01. The van der Waals surface area contributed by atoms with Gasteiger partial charge in [0, 0.05) is 16.5 Å². The van der Waals surface area contributed by atoms with Gasteiger partial charge in [-0.25, -0.2) is 4.98 Å². The van der Waals surface area contributed by atoms with E-state index in [1.807, 2.05) is 12.1 Å². The Labute approximate surface area is 181 Å². The predicted octanol–water partition coefficient (Wildman–Crippen LogP) is 6.21. The van der Waals surface area contributed by atoms with Crippen LogP contribution in [0.2, 0.25) is 0 Å². The van der Waals surface area contributed by atoms with Crippen molar-refractivity contribution in [2.75, 3.05) is 0 Å². The molecule has 1 saturated carbocycles. The molecule has 0 radical (unpaired) electrons. The molecule has 0 spiro atoms. The number of aromatic nitrogens is 2. The van der Waals surface area contributed by atoms with Crippen LogP contribution < -0.4 is 5.56 Å². The first kappa shape index (κ1) is 19.1. The molecule has 27 heavy (non-hydrogen) atoms. The molecule has 0 saturated heterocycles. The zero-order chi connectivity index (χ0) is 19.0. The largest absolute Gasteiger partial charge is 0.447 e. The van der Waals surface area contributed by atoms with Crippen LogP contribution in [0.1, 0.15) is 49.6 Å². The highest BCUT2D eigenvalue weighted by Crippen LogP contribution is 2.32. The number of nitrogens with zero attached hydrogens (tertiary/aromatic N) is 3. The summed E-state index contributed by atoms with van der Waals surface area (Å²) >= 11 is 10.1. The minimum atomic E-state index is -0.164. The molecule has 8 heteroatoms. The molecular formula is C19H16Br3N3O2. The van der Waals surface area contributed by atoms with E-state index >= 15 is 0 Å². The third-order valence-electron chi connectivity index (χ3n) is 4.77. The van der Waals surface area contributed by atoms with Gasteiger partial charge in [-0.2, -0.15) is 9.78 Å². The molecule has 2 aromatic heterocycles. The normalized spacial score (nSPS) is 15.8. The van der Waals surface area contributed by atoms with E-state index < -0.39 is 0 Å². The minimum absolute atomic E-state index is 0.164. The zero-order valence-electron chi connectivity index (χ0n) is 14.3. The first-order valence-electron chi connectivity index (χ1n) is 8.74. The van der Waals surface area contributed by atoms with Gasteiger partial charge in [-0.05, 0) is 62.9 Å². The summed E-state index contributed by atoms with van der Waals surface area (Å²) < 4.78 is 9.21. The maximum Gasteiger partial charge on any atom is 0.282 e. The molecule has 1 fully saturated rings. The summed E-state index contributed by atoms with van der Waals surface area (Å²) in [6.45, 7) is 0. The fourth-order valence-corrected chi connectivity index (χ4v) is 4.41. The van der Waals surface area contributed by atoms with Crippen molar-refractivity contribution >= 4 is 64.9 Å². The van der Waals surface area contributed by atoms with Gasteiger partial charge in [0.15, 0.2) is 4.67 Å². The molecule has 1 aliphatic carbocycles. The zero-order valence-corrected chi connectivity index (χ0v) is 19.0. The lowest BCUT2D eigenvalue weighted by Gasteiger charge is -2.22. The summed E-state index contributed by atoms with van der Waals surface area (Å²) in [7, 11) is 0. The monoisotopic (exact) mass is 555 g/mol. The average Bonchev–Trinajstić information content (AvgIpc) is 2.99. The van der Waals surface area contributed by atoms with Crippen molar-refractivity contribution in [2.45, 2.75) is 38.0 Å². The lowest BCUT2D eigenvalue weighted by molar-refractivity contribution is 0.416. The Morgan fingerprint density at radius 1 is 1.15 bits per heavy atom. The standard InChI is InChI=1S/C19H16Br3N3O2/c20-12-6-7-16-14(8-12)19(26)25(18(24-16)11-4-2-1-3-5-11)23-10-13-9-15(21)17(22)27-13/h6-11H,1-5H2. The van der Waals surface area contributed by atoms with E-state index in [1.54, 1.807) is 18.3 Å². The van der Waals surface area contributed by atoms with E-state index in [0.717, 1.165) is 40.5 Å². The van der Waals surface area contributed by atoms with Crippen LogP contribution in [-0.2, 0) is 0 Å². The number of furan rings is 1. The van der Waals surface area contributed by atoms with Crippen LogP contribution >= 0.6 is 47.8 Å². The number of benzene rings is 1. The molecule has 4 rings (SSSR count). The van der Waals surface area contributed by atoms with Crippen LogP contribution in [0.15, 0.2) is 52.2 Å². The highest BCUT2D eigenvalue weighted by molar-refractivity contribution is 9.13. The average molecular weight is 558 g/mol. The second-order valence-corrected chi connectivity index (χ2v) is 9.09. The maximum atomic E-state index is 13.2. The van der Waals surface area contributed by atoms with Gasteiger partial charge >= 0.3 is 0 Å². The summed E-state index contributed by atoms with van der Waals surface area (Å²) in [6.07, 6.45) is 7.15. The van der Waals surface area contributed by atoms with Gasteiger partial charge in [0.25, 0.3) is 5.56 Å². The van der Waals surface area contributed by atoms with E-state index in [0.29, 0.717) is 21.3 Å². The molecule has 1 aromatic carbocycles. The Morgan fingerprint density at radius 2 is 1.93 bits per heavy atom. The minimum Gasteiger partial charge on any atom is -0.447 e. The summed E-state index contributed by atoms with van der Waals surface area (Å²) in [5.74, 6) is 1.52. The van der Waals surface area contributed by atoms with Gasteiger partial charge in [-0.1, -0.05) is 35.2 Å². The molecule has 0 atom stereocenters. The fourth-order valence-electron chi connectivity index (χ4n) is 3.44. The van der Waals surface area contributed by atoms with Crippen LogP contribution in [0, 0.1) is 0 Å². The van der Waals surface area contributed by atoms with Gasteiger partial charge < -0.3 is 4.42 Å². The van der Waals surface area contributed by atoms with E-state index in [1.165, 1.54) is 11.1 Å². The smallest absolute Gasteiger partial charge is 0.282 e. The number of fused-ring (bicyclic) bond motifs is 1. The second-order valence-electron chi connectivity index (χ2n) is 6.60. The van der Waals surface area contributed by atoms with Crippen LogP contribution in [0.3, 0.4) is 0 Å². The van der Waals surface area contributed by atoms with Crippen LogP contribution in [-0.4, -0.2) is 15.9 Å². The van der Waals surface area contributed by atoms with Crippen molar-refractivity contribution in [3.63, 3.8) is 0 Å². The molecule has 0 unspecified atom stereocenters. The topological polar surface area (TPSA) is 60.4 Å². The van der Waals surface area contributed by atoms with Gasteiger partial charge in [0.05, 0.1) is 21.6 Å². The summed E-state index contributed by atoms with van der Waals surface area (Å²) in [5.41, 5.74) is 0.543. The Morgan fingerprint density at radius 3 is 2.63 bits per heavy atom. The first-order chi connectivity index (χ1) is 13.0. The number of rotatable bonds is 3. The number of halogens is 3. The predicted molar refractivity (Wildman–Crippen MR) is 117 cm³/mol. The third kappa shape index (κ3) is 3.98. The summed E-state index contributed by atoms with van der Waals surface area (Å²) in [4.78, 5) is 18.0. The number of hydrogen-bond acceptors (Lipinski definition) is 4. The first-order valence-corrected chi connectivity index (χ1v) is 11.1. The molecule has 0 amide bonds. The maximum absolute atomic E-state index is 13.2. The fraction of sp³-hybridized carbons (Fsp3) is 0.316. The van der Waals surface area contributed by atoms with Crippen molar-refractivity contribution in [3.05, 3.63) is 59.8 Å². The lowest BCUT2D eigenvalue weighted by Crippen LogP contribution is -2.25. The molecule has 1 aliphatic rings. The Hall–Kier alpha value is -1.25. The van der Waals surface area contributed by atoms with Gasteiger partial charge in [0.2, 0.25) is 0 Å². The van der Waals surface area contributed by atoms with Crippen molar-refractivity contribution in [3.8, 4) is 0 Å². The van der Waals surface area contributed by atoms with E-state index in [9.17, 15) is 4.79 Å². The summed E-state index contributed by atoms with van der Waals surface area (Å²) in [6, 6.07) is 7.37. The molecule has 0 N–H and O–H groups in total. The Bertz CT molecular complexity index is 1060. The SMILES string of the molecule is O=c1c2cc(Br)ccc2nc(C2CCCCC2)n1N=Cc1cc(Br)c(Br)o1. The lowest BCUT2D eigenvalue weighted by atomic mass is 9.88. The Kier molecular flexibility index (Phi) is 5.66. The Balaban J connectivity index is 1.86. The highest BCUT2D eigenvalue weighted by atomic mass is 79.9. The van der Waals surface area contributed by atoms with Crippen LogP contribution in [0.5, 0.6) is 0 Å². The number of hydrogen-bond donors (Lipinski definition) is 0. The molecule has 3 aromatic rings. The van der Waals surface area contributed by atoms with E-state index in [4.69, 9.17) is 9.40 Å². The molecular weight excluding hydrogens is 542 g/mol. The summed E-state index contributed by atoms with van der Waals surface area (Å²) in [5, 5.41) is 5.00. The van der Waals surface area contributed by atoms with Gasteiger partial charge in [-0.3, -0.25) is 4.79 Å². The van der Waals surface area contributed by atoms with Crippen molar-refractivity contribution in [1.82, 2.24) is 9.66 Å². The third-order valence-corrected chi connectivity index (χ3v) is 6.97. The van der Waals surface area contributed by atoms with Gasteiger partial charge in [-0.15, -0.1) is 0 Å². The van der Waals surface area contributed by atoms with Crippen LogP contribution in [0.25, 0.3) is 10.9 Å². The molecule has 140 valence electrons. The quantitative estimate of drug-likeness (QED) is 0.360. The molecule has 0 aliphatic heterocycles. The van der Waals surface area contributed by atoms with E-state index in [2.05, 4.69) is 52.9 Å². The van der Waals surface area contributed by atoms with E-state index in [-0.39, 0.29) is 11.5 Å². The molecule has 0 bridgehead atoms. The molecule has 2 heterocycles.